The van der Waals surface area contributed by atoms with Gasteiger partial charge in [0.15, 0.2) is 0 Å². The summed E-state index contributed by atoms with van der Waals surface area (Å²) in [4.78, 5) is 62.8. The van der Waals surface area contributed by atoms with Crippen LogP contribution in [-0.2, 0) is 31.9 Å². The molecule has 0 radical (unpaired) electrons. The second kappa shape index (κ2) is 25.0. The number of carboxylic acid groups (broad SMARTS) is 1. The SMILES string of the molecule is CC(C)(C)OC(=O)N[C@H](Cc1cccnc1)C(=O)O.COc1ccccc1N1CCN(C(=O)[C@@H](Cc2cccnc2)NC(=O)OC(C)(C)C)CC1.COc1ccccc1N1CCNCC1. The number of benzene rings is 2. The van der Waals surface area contributed by atoms with Gasteiger partial charge in [-0.3, -0.25) is 14.8 Å². The van der Waals surface area contributed by atoms with Crippen LogP contribution in [0.4, 0.5) is 21.0 Å². The van der Waals surface area contributed by atoms with Crippen molar-refractivity contribution in [1.29, 1.82) is 0 Å². The molecule has 2 aromatic heterocycles. The van der Waals surface area contributed by atoms with Crippen LogP contribution in [0.15, 0.2) is 97.6 Å². The largest absolute Gasteiger partial charge is 0.495 e. The van der Waals surface area contributed by atoms with Gasteiger partial charge in [-0.1, -0.05) is 36.4 Å². The van der Waals surface area contributed by atoms with Gasteiger partial charge in [0.1, 0.15) is 34.8 Å². The number of aliphatic carboxylic acids is 1. The number of hydrogen-bond donors (Lipinski definition) is 4. The Kier molecular flexibility index (Phi) is 19.6. The van der Waals surface area contributed by atoms with E-state index in [4.69, 9.17) is 24.1 Å². The monoisotopic (exact) mass is 898 g/mol. The summed E-state index contributed by atoms with van der Waals surface area (Å²) in [6.07, 6.45) is 5.69. The Bertz CT molecular complexity index is 2080. The number of carbonyl (C=O) groups excluding carboxylic acids is 3. The number of nitrogens with one attached hydrogen (secondary N) is 3. The van der Waals surface area contributed by atoms with Gasteiger partial charge in [-0.2, -0.15) is 0 Å². The number of para-hydroxylation sites is 4. The third-order valence-electron chi connectivity index (χ3n) is 9.86. The van der Waals surface area contributed by atoms with Gasteiger partial charge >= 0.3 is 18.2 Å². The van der Waals surface area contributed by atoms with Crippen molar-refractivity contribution in [2.24, 2.45) is 0 Å². The molecule has 0 saturated carbocycles. The maximum atomic E-state index is 13.4. The topological polar surface area (TPSA) is 197 Å². The van der Waals surface area contributed by atoms with E-state index in [1.165, 1.54) is 5.69 Å². The maximum absolute atomic E-state index is 13.4. The Labute approximate surface area is 382 Å². The zero-order chi connectivity index (χ0) is 47.4. The minimum Gasteiger partial charge on any atom is -0.495 e. The van der Waals surface area contributed by atoms with Crippen molar-refractivity contribution in [3.63, 3.8) is 0 Å². The third-order valence-corrected chi connectivity index (χ3v) is 9.86. The van der Waals surface area contributed by atoms with Gasteiger partial charge in [0.05, 0.1) is 25.6 Å². The van der Waals surface area contributed by atoms with E-state index in [2.05, 4.69) is 47.9 Å². The van der Waals surface area contributed by atoms with Crippen LogP contribution in [0.1, 0.15) is 52.7 Å². The van der Waals surface area contributed by atoms with Crippen molar-refractivity contribution >= 4 is 35.4 Å². The molecule has 2 aliphatic heterocycles. The van der Waals surface area contributed by atoms with Crippen LogP contribution >= 0.6 is 0 Å². The molecule has 352 valence electrons. The van der Waals surface area contributed by atoms with Crippen molar-refractivity contribution in [3.05, 3.63) is 109 Å². The van der Waals surface area contributed by atoms with Crippen LogP contribution in [0, 0.1) is 0 Å². The average Bonchev–Trinajstić information content (AvgIpc) is 3.28. The van der Waals surface area contributed by atoms with Crippen LogP contribution in [0.25, 0.3) is 0 Å². The van der Waals surface area contributed by atoms with Crippen molar-refractivity contribution in [3.8, 4) is 11.5 Å². The molecule has 2 atom stereocenters. The molecule has 2 saturated heterocycles. The number of methoxy groups -OCH3 is 2. The predicted molar refractivity (Wildman–Crippen MR) is 250 cm³/mol. The number of alkyl carbamates (subject to hydrolysis) is 2. The second-order valence-electron chi connectivity index (χ2n) is 17.3. The van der Waals surface area contributed by atoms with E-state index in [1.807, 2.05) is 48.5 Å². The van der Waals surface area contributed by atoms with Gasteiger partial charge in [-0.25, -0.2) is 14.4 Å². The Morgan fingerprint density at radius 1 is 0.631 bits per heavy atom. The van der Waals surface area contributed by atoms with Crippen molar-refractivity contribution in [2.75, 3.05) is 76.4 Å². The summed E-state index contributed by atoms with van der Waals surface area (Å²) in [5.41, 5.74) is 2.51. The number of piperazine rings is 2. The molecule has 3 amide bonds. The second-order valence-corrected chi connectivity index (χ2v) is 17.3. The summed E-state index contributed by atoms with van der Waals surface area (Å²) in [6, 6.07) is 21.4. The molecular weight excluding hydrogens is 833 g/mol. The highest BCUT2D eigenvalue weighted by atomic mass is 16.6. The number of rotatable bonds is 12. The lowest BCUT2D eigenvalue weighted by molar-refractivity contribution is -0.139. The molecule has 0 unspecified atom stereocenters. The number of ether oxygens (including phenoxy) is 4. The number of carbonyl (C=O) groups is 4. The molecular formula is C48H66N8O9. The smallest absolute Gasteiger partial charge is 0.408 e. The zero-order valence-electron chi connectivity index (χ0n) is 38.9. The third kappa shape index (κ3) is 17.8. The first-order valence-electron chi connectivity index (χ1n) is 21.7. The number of carboxylic acids is 1. The summed E-state index contributed by atoms with van der Waals surface area (Å²) >= 11 is 0. The van der Waals surface area contributed by atoms with E-state index in [-0.39, 0.29) is 12.3 Å². The van der Waals surface area contributed by atoms with E-state index in [9.17, 15) is 19.2 Å². The Balaban J connectivity index is 0.000000236. The molecule has 0 bridgehead atoms. The fourth-order valence-corrected chi connectivity index (χ4v) is 6.88. The van der Waals surface area contributed by atoms with Crippen molar-refractivity contribution < 1.29 is 43.2 Å². The summed E-state index contributed by atoms with van der Waals surface area (Å²) in [6.45, 7) is 17.2. The molecule has 0 spiro atoms. The van der Waals surface area contributed by atoms with Gasteiger partial charge in [0.25, 0.3) is 0 Å². The van der Waals surface area contributed by atoms with Crippen LogP contribution in [0.2, 0.25) is 0 Å². The highest BCUT2D eigenvalue weighted by Gasteiger charge is 2.31. The summed E-state index contributed by atoms with van der Waals surface area (Å²) < 4.78 is 21.2. The molecule has 2 fully saturated rings. The molecule has 4 heterocycles. The Morgan fingerprint density at radius 3 is 1.48 bits per heavy atom. The molecule has 65 heavy (non-hydrogen) atoms. The summed E-state index contributed by atoms with van der Waals surface area (Å²) in [5.74, 6) is 0.539. The maximum Gasteiger partial charge on any atom is 0.408 e. The standard InChI is InChI=1S/C24H32N4O4.C13H18N2O4.C11H16N2O/c1-24(2,3)32-23(30)26-19(16-18-8-7-11-25-17-18)22(29)28-14-12-27(13-15-28)20-9-5-6-10-21(20)31-4;1-13(2,3)19-12(18)15-10(11(16)17)7-9-5-4-6-14-8-9;1-14-11-5-3-2-4-10(11)13-8-6-12-7-9-13/h5-11,17,19H,12-16H2,1-4H3,(H,26,30);4-6,8,10H,7H2,1-3H3,(H,15,18)(H,16,17);2-5,12H,6-9H2,1H3/t19-;10-;/m11./s1. The lowest BCUT2D eigenvalue weighted by Gasteiger charge is -2.38. The van der Waals surface area contributed by atoms with Crippen LogP contribution in [0.3, 0.4) is 0 Å². The van der Waals surface area contributed by atoms with E-state index in [1.54, 1.807) is 97.6 Å². The normalized spacial score (nSPS) is 14.7. The number of nitrogens with zero attached hydrogens (tertiary/aromatic N) is 5. The quantitative estimate of drug-likeness (QED) is 0.138. The minimum absolute atomic E-state index is 0.126. The molecule has 4 aromatic rings. The predicted octanol–water partition coefficient (Wildman–Crippen LogP) is 5.58. The highest BCUT2D eigenvalue weighted by molar-refractivity contribution is 5.86. The number of amides is 3. The minimum atomic E-state index is -1.12. The van der Waals surface area contributed by atoms with E-state index >= 15 is 0 Å². The van der Waals surface area contributed by atoms with E-state index in [0.29, 0.717) is 32.6 Å². The molecule has 2 aliphatic rings. The number of pyridine rings is 2. The van der Waals surface area contributed by atoms with Crippen molar-refractivity contribution in [1.82, 2.24) is 30.8 Å². The fourth-order valence-electron chi connectivity index (χ4n) is 6.88. The first-order chi connectivity index (χ1) is 31.0. The molecule has 4 N–H and O–H groups in total. The Morgan fingerprint density at radius 2 is 1.06 bits per heavy atom. The lowest BCUT2D eigenvalue weighted by atomic mass is 10.1. The molecule has 6 rings (SSSR count). The summed E-state index contributed by atoms with van der Waals surface area (Å²) in [7, 11) is 3.38. The molecule has 0 aliphatic carbocycles. The number of aromatic nitrogens is 2. The molecule has 17 heteroatoms. The number of hydrogen-bond acceptors (Lipinski definition) is 13. The van der Waals surface area contributed by atoms with Crippen LogP contribution in [-0.4, -0.2) is 134 Å². The fraction of sp³-hybridized carbons (Fsp3) is 0.458. The summed E-state index contributed by atoms with van der Waals surface area (Å²) in [5, 5.41) is 17.5. The van der Waals surface area contributed by atoms with Crippen LogP contribution < -0.4 is 35.2 Å². The van der Waals surface area contributed by atoms with Gasteiger partial charge in [-0.05, 0) is 89.1 Å². The van der Waals surface area contributed by atoms with Crippen molar-refractivity contribution in [2.45, 2.75) is 77.7 Å². The highest BCUT2D eigenvalue weighted by Crippen LogP contribution is 2.29. The first kappa shape index (κ1) is 51.0. The van der Waals surface area contributed by atoms with Gasteiger partial charge in [0, 0.05) is 90.0 Å². The van der Waals surface area contributed by atoms with E-state index < -0.39 is 41.4 Å². The zero-order valence-corrected chi connectivity index (χ0v) is 38.9. The first-order valence-corrected chi connectivity index (χ1v) is 21.7. The van der Waals surface area contributed by atoms with Crippen LogP contribution in [0.5, 0.6) is 11.5 Å². The molecule has 17 nitrogen and oxygen atoms in total. The van der Waals surface area contributed by atoms with Gasteiger partial charge < -0.3 is 54.7 Å². The lowest BCUT2D eigenvalue weighted by Crippen LogP contribution is -2.56. The van der Waals surface area contributed by atoms with Gasteiger partial charge in [-0.15, -0.1) is 0 Å². The number of anilines is 2. The average molecular weight is 899 g/mol. The van der Waals surface area contributed by atoms with Gasteiger partial charge in [0.2, 0.25) is 5.91 Å². The molecule has 2 aromatic carbocycles. The Hall–Kier alpha value is -6.62. The van der Waals surface area contributed by atoms with E-state index in [0.717, 1.165) is 54.5 Å².